The van der Waals surface area contributed by atoms with Crippen LogP contribution >= 0.6 is 0 Å². The number of nitrogens with two attached hydrogens (primary N) is 1. The number of ether oxygens (including phenoxy) is 1. The fourth-order valence-corrected chi connectivity index (χ4v) is 3.02. The summed E-state index contributed by atoms with van der Waals surface area (Å²) in [6, 6.07) is 1.26. The summed E-state index contributed by atoms with van der Waals surface area (Å²) in [4.78, 5) is 19.9. The van der Waals surface area contributed by atoms with Crippen molar-refractivity contribution in [3.63, 3.8) is 0 Å². The summed E-state index contributed by atoms with van der Waals surface area (Å²) in [6.45, 7) is 1.90. The molecule has 1 aliphatic heterocycles. The van der Waals surface area contributed by atoms with Crippen molar-refractivity contribution < 1.29 is 20.1 Å². The third-order valence-corrected chi connectivity index (χ3v) is 4.25. The maximum Gasteiger partial charge on any atom is 0.194 e. The summed E-state index contributed by atoms with van der Waals surface area (Å²) in [5.74, 6) is 0.0231. The molecule has 2 aromatic rings. The summed E-state index contributed by atoms with van der Waals surface area (Å²) >= 11 is 0. The molecule has 2 aromatic heterocycles. The van der Waals surface area contributed by atoms with Crippen LogP contribution in [0.3, 0.4) is 0 Å². The van der Waals surface area contributed by atoms with Gasteiger partial charge in [0.1, 0.15) is 35.8 Å². The van der Waals surface area contributed by atoms with Crippen LogP contribution in [-0.2, 0) is 4.74 Å². The van der Waals surface area contributed by atoms with Gasteiger partial charge in [-0.15, -0.1) is 0 Å². The first-order valence-corrected chi connectivity index (χ1v) is 7.76. The van der Waals surface area contributed by atoms with Crippen molar-refractivity contribution in [1.29, 1.82) is 0 Å². The molecule has 5 N–H and O–H groups in total. The van der Waals surface area contributed by atoms with E-state index in [-0.39, 0.29) is 22.3 Å². The molecule has 1 aliphatic rings. The smallest absolute Gasteiger partial charge is 0.194 e. The summed E-state index contributed by atoms with van der Waals surface area (Å²) in [5, 5.41) is 30.8. The number of hydrogen-bond acceptors (Lipinski definition) is 8. The zero-order chi connectivity index (χ0) is 17.4. The number of nitrogens with zero attached hydrogens (tertiary/aromatic N) is 3. The van der Waals surface area contributed by atoms with Gasteiger partial charge in [0.05, 0.1) is 6.10 Å². The zero-order valence-electron chi connectivity index (χ0n) is 13.1. The van der Waals surface area contributed by atoms with E-state index in [1.54, 1.807) is 0 Å². The van der Waals surface area contributed by atoms with Gasteiger partial charge in [-0.25, -0.2) is 9.97 Å². The van der Waals surface area contributed by atoms with E-state index < -0.39 is 30.6 Å². The normalized spacial score (nSPS) is 28.3. The van der Waals surface area contributed by atoms with Gasteiger partial charge in [-0.05, 0) is 6.42 Å². The number of rotatable bonds is 4. The number of hydrogen-bond donors (Lipinski definition) is 4. The SMILES string of the molecule is CCC[C@@H](O)[C@H]1OC(n2ccc(=O)c3c(N)ncnc32)[C@H](O)[C@@H]1O. The summed E-state index contributed by atoms with van der Waals surface area (Å²) in [5.41, 5.74) is 5.58. The summed E-state index contributed by atoms with van der Waals surface area (Å²) < 4.78 is 7.10. The van der Waals surface area contributed by atoms with E-state index in [4.69, 9.17) is 10.5 Å². The van der Waals surface area contributed by atoms with Crippen LogP contribution in [0.5, 0.6) is 0 Å². The van der Waals surface area contributed by atoms with Crippen LogP contribution in [0.2, 0.25) is 0 Å². The molecule has 3 rings (SSSR count). The number of aliphatic hydroxyl groups excluding tert-OH is 3. The van der Waals surface area contributed by atoms with E-state index in [2.05, 4.69) is 9.97 Å². The quantitative estimate of drug-likeness (QED) is 0.565. The average molecular weight is 336 g/mol. The van der Waals surface area contributed by atoms with Gasteiger partial charge in [-0.3, -0.25) is 4.79 Å². The van der Waals surface area contributed by atoms with Crippen molar-refractivity contribution in [3.8, 4) is 0 Å². The second-order valence-corrected chi connectivity index (χ2v) is 5.87. The van der Waals surface area contributed by atoms with Crippen LogP contribution < -0.4 is 11.2 Å². The molecule has 1 fully saturated rings. The van der Waals surface area contributed by atoms with E-state index in [0.717, 1.165) is 0 Å². The number of nitrogen functional groups attached to an aromatic ring is 1. The Morgan fingerprint density at radius 1 is 1.38 bits per heavy atom. The molecular weight excluding hydrogens is 316 g/mol. The van der Waals surface area contributed by atoms with Crippen LogP contribution in [0.1, 0.15) is 26.0 Å². The number of aliphatic hydroxyl groups is 3. The van der Waals surface area contributed by atoms with Gasteiger partial charge >= 0.3 is 0 Å². The first kappa shape index (κ1) is 16.8. The Bertz CT molecular complexity index is 795. The predicted octanol–water partition coefficient (Wildman–Crippen LogP) is -0.846. The van der Waals surface area contributed by atoms with Gasteiger partial charge in [0.15, 0.2) is 17.3 Å². The molecule has 0 amide bonds. The maximum absolute atomic E-state index is 12.0. The molecule has 0 spiro atoms. The second-order valence-electron chi connectivity index (χ2n) is 5.87. The summed E-state index contributed by atoms with van der Waals surface area (Å²) in [6.07, 6.45) is -1.64. The fourth-order valence-electron chi connectivity index (χ4n) is 3.02. The van der Waals surface area contributed by atoms with Crippen molar-refractivity contribution in [2.24, 2.45) is 0 Å². The van der Waals surface area contributed by atoms with Gasteiger partial charge in [0, 0.05) is 12.3 Å². The molecule has 5 atom stereocenters. The highest BCUT2D eigenvalue weighted by molar-refractivity contribution is 5.84. The molecule has 1 saturated heterocycles. The lowest BCUT2D eigenvalue weighted by atomic mass is 10.0. The monoisotopic (exact) mass is 336 g/mol. The molecule has 9 nitrogen and oxygen atoms in total. The van der Waals surface area contributed by atoms with Crippen molar-refractivity contribution in [2.45, 2.75) is 50.4 Å². The Morgan fingerprint density at radius 3 is 2.83 bits per heavy atom. The van der Waals surface area contributed by atoms with Crippen LogP contribution in [0.4, 0.5) is 5.82 Å². The van der Waals surface area contributed by atoms with E-state index in [1.807, 2.05) is 6.92 Å². The standard InChI is InChI=1S/C15H20N4O5/c1-2-3-8(21)12-10(22)11(23)15(24-12)19-5-4-7(20)9-13(16)17-6-18-14(9)19/h4-6,8,10-12,15,21-23H,2-3H2,1H3,(H2,16,17,18)/t8-,10+,11-,12-,15?/m1/s1. The Balaban J connectivity index is 2.04. The van der Waals surface area contributed by atoms with Crippen molar-refractivity contribution in [2.75, 3.05) is 5.73 Å². The van der Waals surface area contributed by atoms with Gasteiger partial charge in [-0.2, -0.15) is 0 Å². The zero-order valence-corrected chi connectivity index (χ0v) is 13.1. The van der Waals surface area contributed by atoms with E-state index >= 15 is 0 Å². The maximum atomic E-state index is 12.0. The van der Waals surface area contributed by atoms with E-state index in [1.165, 1.54) is 23.2 Å². The largest absolute Gasteiger partial charge is 0.390 e. The first-order valence-electron chi connectivity index (χ1n) is 7.76. The average Bonchev–Trinajstić information content (AvgIpc) is 2.84. The molecule has 0 bridgehead atoms. The molecule has 3 heterocycles. The molecule has 0 saturated carbocycles. The van der Waals surface area contributed by atoms with Crippen molar-refractivity contribution >= 4 is 16.9 Å². The molecule has 0 aliphatic carbocycles. The highest BCUT2D eigenvalue weighted by Gasteiger charge is 2.46. The Labute approximate surface area is 137 Å². The third kappa shape index (κ3) is 2.65. The summed E-state index contributed by atoms with van der Waals surface area (Å²) in [7, 11) is 0. The van der Waals surface area contributed by atoms with Gasteiger partial charge in [0.25, 0.3) is 0 Å². The highest BCUT2D eigenvalue weighted by atomic mass is 16.6. The molecule has 24 heavy (non-hydrogen) atoms. The van der Waals surface area contributed by atoms with Crippen LogP contribution in [-0.4, -0.2) is 54.3 Å². The lowest BCUT2D eigenvalue weighted by Crippen LogP contribution is -2.38. The number of fused-ring (bicyclic) bond motifs is 1. The van der Waals surface area contributed by atoms with Gasteiger partial charge < -0.3 is 30.4 Å². The predicted molar refractivity (Wildman–Crippen MR) is 85.0 cm³/mol. The lowest BCUT2D eigenvalue weighted by Gasteiger charge is -2.21. The molecule has 130 valence electrons. The van der Waals surface area contributed by atoms with E-state index in [0.29, 0.717) is 12.8 Å². The third-order valence-electron chi connectivity index (χ3n) is 4.25. The van der Waals surface area contributed by atoms with Gasteiger partial charge in [-0.1, -0.05) is 13.3 Å². The molecule has 0 aromatic carbocycles. The fraction of sp³-hybridized carbons (Fsp3) is 0.533. The van der Waals surface area contributed by atoms with Crippen LogP contribution in [0.15, 0.2) is 23.4 Å². The second kappa shape index (κ2) is 6.44. The number of pyridine rings is 1. The Morgan fingerprint density at radius 2 is 2.12 bits per heavy atom. The van der Waals surface area contributed by atoms with Crippen LogP contribution in [0.25, 0.3) is 11.0 Å². The van der Waals surface area contributed by atoms with Crippen molar-refractivity contribution in [3.05, 3.63) is 28.8 Å². The number of anilines is 1. The lowest BCUT2D eigenvalue weighted by molar-refractivity contribution is -0.0854. The topological polar surface area (TPSA) is 144 Å². The molecule has 1 unspecified atom stereocenters. The van der Waals surface area contributed by atoms with E-state index in [9.17, 15) is 20.1 Å². The minimum atomic E-state index is -1.29. The highest BCUT2D eigenvalue weighted by Crippen LogP contribution is 2.33. The minimum Gasteiger partial charge on any atom is -0.390 e. The number of aromatic nitrogens is 3. The molecule has 9 heteroatoms. The van der Waals surface area contributed by atoms with Gasteiger partial charge in [0.2, 0.25) is 0 Å². The van der Waals surface area contributed by atoms with Crippen molar-refractivity contribution in [1.82, 2.24) is 14.5 Å². The molecule has 0 radical (unpaired) electrons. The Kier molecular flexibility index (Phi) is 4.50. The Hall–Kier alpha value is -2.07. The minimum absolute atomic E-state index is 0.0231. The molecular formula is C15H20N4O5. The first-order chi connectivity index (χ1) is 11.5. The van der Waals surface area contributed by atoms with Crippen LogP contribution in [0, 0.1) is 0 Å².